The number of benzene rings is 3. The SMILES string of the molecule is O=C(N/N=C/c1ccccc1OC(=O)c1ccc(Cl)cc1)C(=O)Nc1cc(Cl)ccc1Cl. The van der Waals surface area contributed by atoms with E-state index in [4.69, 9.17) is 39.5 Å². The van der Waals surface area contributed by atoms with E-state index in [1.807, 2.05) is 0 Å². The topological polar surface area (TPSA) is 96.9 Å². The van der Waals surface area contributed by atoms with E-state index in [9.17, 15) is 14.4 Å². The molecular formula is C22H14Cl3N3O4. The standard InChI is InChI=1S/C22H14Cl3N3O4/c23-15-7-5-13(6-8-15)22(31)32-19-4-2-1-3-14(19)12-26-28-21(30)20(29)27-18-11-16(24)9-10-17(18)25/h1-12H,(H,27,29)(H,28,30)/b26-12+. The first kappa shape index (κ1) is 23.3. The highest BCUT2D eigenvalue weighted by atomic mass is 35.5. The van der Waals surface area contributed by atoms with Crippen molar-refractivity contribution in [3.05, 3.63) is 92.9 Å². The van der Waals surface area contributed by atoms with Crippen molar-refractivity contribution in [1.82, 2.24) is 5.43 Å². The molecule has 2 amide bonds. The van der Waals surface area contributed by atoms with E-state index in [0.29, 0.717) is 21.2 Å². The average Bonchev–Trinajstić information content (AvgIpc) is 2.77. The minimum Gasteiger partial charge on any atom is -0.422 e. The van der Waals surface area contributed by atoms with Crippen LogP contribution in [-0.4, -0.2) is 24.0 Å². The highest BCUT2D eigenvalue weighted by molar-refractivity contribution is 6.42. The van der Waals surface area contributed by atoms with Crippen LogP contribution in [0.4, 0.5) is 5.69 Å². The van der Waals surface area contributed by atoms with Gasteiger partial charge in [0.1, 0.15) is 5.75 Å². The third-order valence-electron chi connectivity index (χ3n) is 3.95. The Hall–Kier alpha value is -3.39. The van der Waals surface area contributed by atoms with Crippen molar-refractivity contribution in [1.29, 1.82) is 0 Å². The maximum absolute atomic E-state index is 12.3. The predicted octanol–water partition coefficient (Wildman–Crippen LogP) is 4.95. The summed E-state index contributed by atoms with van der Waals surface area (Å²) in [5.74, 6) is -2.41. The molecule has 0 fully saturated rings. The van der Waals surface area contributed by atoms with Crippen molar-refractivity contribution in [2.24, 2.45) is 5.10 Å². The van der Waals surface area contributed by atoms with Crippen LogP contribution in [0.25, 0.3) is 0 Å². The van der Waals surface area contributed by atoms with E-state index in [1.54, 1.807) is 42.5 Å². The normalized spacial score (nSPS) is 10.6. The Kier molecular flexibility index (Phi) is 7.83. The molecule has 0 saturated heterocycles. The summed E-state index contributed by atoms with van der Waals surface area (Å²) in [5, 5.41) is 7.13. The molecule has 0 aliphatic carbocycles. The number of rotatable bonds is 5. The number of amides is 2. The molecule has 0 bridgehead atoms. The Bertz CT molecular complexity index is 1200. The van der Waals surface area contributed by atoms with Crippen LogP contribution in [0.2, 0.25) is 15.1 Å². The van der Waals surface area contributed by atoms with Gasteiger partial charge in [0.15, 0.2) is 0 Å². The van der Waals surface area contributed by atoms with Gasteiger partial charge in [0.2, 0.25) is 0 Å². The van der Waals surface area contributed by atoms with Crippen LogP contribution in [0.3, 0.4) is 0 Å². The van der Waals surface area contributed by atoms with Gasteiger partial charge in [-0.15, -0.1) is 0 Å². The van der Waals surface area contributed by atoms with Gasteiger partial charge >= 0.3 is 17.8 Å². The van der Waals surface area contributed by atoms with Crippen LogP contribution >= 0.6 is 34.8 Å². The maximum Gasteiger partial charge on any atom is 0.343 e. The lowest BCUT2D eigenvalue weighted by Gasteiger charge is -2.08. The van der Waals surface area contributed by atoms with Crippen molar-refractivity contribution in [2.45, 2.75) is 0 Å². The molecule has 0 aromatic heterocycles. The summed E-state index contributed by atoms with van der Waals surface area (Å²) < 4.78 is 5.39. The summed E-state index contributed by atoms with van der Waals surface area (Å²) in [6, 6.07) is 17.2. The molecule has 0 aliphatic rings. The molecule has 3 aromatic carbocycles. The molecule has 32 heavy (non-hydrogen) atoms. The van der Waals surface area contributed by atoms with E-state index >= 15 is 0 Å². The fourth-order valence-corrected chi connectivity index (χ4v) is 2.87. The third-order valence-corrected chi connectivity index (χ3v) is 4.77. The second-order valence-corrected chi connectivity index (χ2v) is 7.49. The summed E-state index contributed by atoms with van der Waals surface area (Å²) in [4.78, 5) is 36.4. The first-order chi connectivity index (χ1) is 15.3. The van der Waals surface area contributed by atoms with Crippen molar-refractivity contribution < 1.29 is 19.1 Å². The molecule has 0 atom stereocenters. The molecule has 7 nitrogen and oxygen atoms in total. The molecule has 162 valence electrons. The molecule has 0 radical (unpaired) electrons. The van der Waals surface area contributed by atoms with Gasteiger partial charge in [0.25, 0.3) is 0 Å². The van der Waals surface area contributed by atoms with E-state index in [1.165, 1.54) is 30.5 Å². The highest BCUT2D eigenvalue weighted by Gasteiger charge is 2.15. The first-order valence-electron chi connectivity index (χ1n) is 8.99. The molecular weight excluding hydrogens is 477 g/mol. The van der Waals surface area contributed by atoms with Crippen molar-refractivity contribution >= 4 is 64.5 Å². The Morgan fingerprint density at radius 1 is 0.844 bits per heavy atom. The fourth-order valence-electron chi connectivity index (χ4n) is 2.41. The summed E-state index contributed by atoms with van der Waals surface area (Å²) in [6.45, 7) is 0. The van der Waals surface area contributed by atoms with Crippen molar-refractivity contribution in [3.63, 3.8) is 0 Å². The van der Waals surface area contributed by atoms with Gasteiger partial charge in [0, 0.05) is 15.6 Å². The molecule has 2 N–H and O–H groups in total. The average molecular weight is 491 g/mol. The summed E-state index contributed by atoms with van der Waals surface area (Å²) in [5.41, 5.74) is 2.98. The summed E-state index contributed by atoms with van der Waals surface area (Å²) in [7, 11) is 0. The quantitative estimate of drug-likeness (QED) is 0.174. The predicted molar refractivity (Wildman–Crippen MR) is 124 cm³/mol. The van der Waals surface area contributed by atoms with E-state index in [-0.39, 0.29) is 16.5 Å². The Balaban J connectivity index is 1.63. The second-order valence-electron chi connectivity index (χ2n) is 6.21. The van der Waals surface area contributed by atoms with Crippen LogP contribution in [0.1, 0.15) is 15.9 Å². The van der Waals surface area contributed by atoms with Gasteiger partial charge < -0.3 is 10.1 Å². The number of esters is 1. The molecule has 10 heteroatoms. The van der Waals surface area contributed by atoms with E-state index in [2.05, 4.69) is 15.8 Å². The Labute approximate surface area is 197 Å². The zero-order valence-electron chi connectivity index (χ0n) is 16.1. The van der Waals surface area contributed by atoms with Gasteiger partial charge in [-0.3, -0.25) is 9.59 Å². The third kappa shape index (κ3) is 6.31. The van der Waals surface area contributed by atoms with E-state index in [0.717, 1.165) is 0 Å². The lowest BCUT2D eigenvalue weighted by Crippen LogP contribution is -2.32. The lowest BCUT2D eigenvalue weighted by molar-refractivity contribution is -0.136. The summed E-state index contributed by atoms with van der Waals surface area (Å²) >= 11 is 17.6. The zero-order chi connectivity index (χ0) is 23.1. The molecule has 0 aliphatic heterocycles. The Morgan fingerprint density at radius 2 is 1.53 bits per heavy atom. The zero-order valence-corrected chi connectivity index (χ0v) is 18.4. The largest absolute Gasteiger partial charge is 0.422 e. The number of anilines is 1. The maximum atomic E-state index is 12.3. The van der Waals surface area contributed by atoms with Crippen LogP contribution in [-0.2, 0) is 9.59 Å². The molecule has 0 saturated carbocycles. The van der Waals surface area contributed by atoms with Crippen molar-refractivity contribution in [3.8, 4) is 5.75 Å². The van der Waals surface area contributed by atoms with Crippen molar-refractivity contribution in [2.75, 3.05) is 5.32 Å². The van der Waals surface area contributed by atoms with Crippen LogP contribution in [0.5, 0.6) is 5.75 Å². The minimum absolute atomic E-state index is 0.183. The molecule has 3 aromatic rings. The van der Waals surface area contributed by atoms with Crippen LogP contribution in [0.15, 0.2) is 71.8 Å². The van der Waals surface area contributed by atoms with E-state index < -0.39 is 17.8 Å². The number of carbonyl (C=O) groups excluding carboxylic acids is 3. The lowest BCUT2D eigenvalue weighted by atomic mass is 10.2. The molecule has 0 heterocycles. The van der Waals surface area contributed by atoms with Gasteiger partial charge in [-0.25, -0.2) is 10.2 Å². The smallest absolute Gasteiger partial charge is 0.343 e. The van der Waals surface area contributed by atoms with Gasteiger partial charge in [-0.05, 0) is 54.6 Å². The Morgan fingerprint density at radius 3 is 2.28 bits per heavy atom. The number of hydrazone groups is 1. The fraction of sp³-hybridized carbons (Fsp3) is 0. The number of carbonyl (C=O) groups is 3. The monoisotopic (exact) mass is 489 g/mol. The number of nitrogens with one attached hydrogen (secondary N) is 2. The van der Waals surface area contributed by atoms with Crippen LogP contribution in [0, 0.1) is 0 Å². The molecule has 0 unspecified atom stereocenters. The number of ether oxygens (including phenoxy) is 1. The number of halogens is 3. The highest BCUT2D eigenvalue weighted by Crippen LogP contribution is 2.25. The van der Waals surface area contributed by atoms with Crippen LogP contribution < -0.4 is 15.5 Å². The van der Waals surface area contributed by atoms with Gasteiger partial charge in [-0.1, -0.05) is 46.9 Å². The molecule has 3 rings (SSSR count). The number of hydrogen-bond acceptors (Lipinski definition) is 5. The van der Waals surface area contributed by atoms with Gasteiger partial charge in [-0.2, -0.15) is 5.10 Å². The molecule has 0 spiro atoms. The van der Waals surface area contributed by atoms with Gasteiger partial charge in [0.05, 0.1) is 22.5 Å². The summed E-state index contributed by atoms with van der Waals surface area (Å²) in [6.07, 6.45) is 1.24. The number of hydrogen-bond donors (Lipinski definition) is 2. The number of nitrogens with zero attached hydrogens (tertiary/aromatic N) is 1. The minimum atomic E-state index is -1.03. The first-order valence-corrected chi connectivity index (χ1v) is 10.1. The second kappa shape index (κ2) is 10.8. The number of para-hydroxylation sites is 1.